The zero-order valence-corrected chi connectivity index (χ0v) is 9.55. The van der Waals surface area contributed by atoms with Crippen LogP contribution in [0.25, 0.3) is 0 Å². The summed E-state index contributed by atoms with van der Waals surface area (Å²) in [4.78, 5) is 23.8. The lowest BCUT2D eigenvalue weighted by Gasteiger charge is -2.28. The summed E-state index contributed by atoms with van der Waals surface area (Å²) in [5.41, 5.74) is 0.382. The van der Waals surface area contributed by atoms with Crippen LogP contribution >= 0.6 is 0 Å². The Labute approximate surface area is 103 Å². The number of benzene rings is 1. The van der Waals surface area contributed by atoms with Crippen molar-refractivity contribution in [1.29, 1.82) is 0 Å². The third-order valence-electron chi connectivity index (χ3n) is 2.66. The standard InChI is InChI=1S/C12H11FN2O3/c1-15-6-9(11(16)17)10(14-12(15)18)7-3-2-4-8(13)5-7/h2-6,10H,1H3,(H,14,18)(H,16,17)/t10-/m0/s1. The molecule has 18 heavy (non-hydrogen) atoms. The predicted octanol–water partition coefficient (Wildman–Crippen LogP) is 1.49. The topological polar surface area (TPSA) is 69.6 Å². The smallest absolute Gasteiger partial charge is 0.335 e. The number of hydrogen-bond acceptors (Lipinski definition) is 2. The van der Waals surface area contributed by atoms with Gasteiger partial charge in [0.2, 0.25) is 0 Å². The van der Waals surface area contributed by atoms with E-state index < -0.39 is 23.9 Å². The minimum atomic E-state index is -1.16. The maximum atomic E-state index is 13.1. The van der Waals surface area contributed by atoms with Gasteiger partial charge in [-0.05, 0) is 17.7 Å². The van der Waals surface area contributed by atoms with Gasteiger partial charge < -0.3 is 15.3 Å². The summed E-state index contributed by atoms with van der Waals surface area (Å²) in [6.07, 6.45) is 1.23. The van der Waals surface area contributed by atoms with Crippen molar-refractivity contribution in [2.24, 2.45) is 0 Å². The van der Waals surface area contributed by atoms with Crippen molar-refractivity contribution < 1.29 is 19.1 Å². The van der Waals surface area contributed by atoms with Gasteiger partial charge in [0, 0.05) is 13.2 Å². The summed E-state index contributed by atoms with van der Waals surface area (Å²) >= 11 is 0. The normalized spacial score (nSPS) is 19.2. The molecule has 2 rings (SSSR count). The lowest BCUT2D eigenvalue weighted by molar-refractivity contribution is -0.133. The highest BCUT2D eigenvalue weighted by atomic mass is 19.1. The summed E-state index contributed by atoms with van der Waals surface area (Å²) < 4.78 is 13.1. The first-order valence-electron chi connectivity index (χ1n) is 5.23. The molecule has 0 radical (unpaired) electrons. The molecule has 6 heteroatoms. The van der Waals surface area contributed by atoms with Crippen LogP contribution in [0.2, 0.25) is 0 Å². The number of halogens is 1. The molecule has 1 atom stereocenters. The molecule has 0 aromatic heterocycles. The van der Waals surface area contributed by atoms with Crippen molar-refractivity contribution in [2.45, 2.75) is 6.04 Å². The van der Waals surface area contributed by atoms with E-state index in [-0.39, 0.29) is 5.57 Å². The third kappa shape index (κ3) is 2.17. The number of amides is 2. The molecule has 1 aromatic carbocycles. The quantitative estimate of drug-likeness (QED) is 0.835. The second kappa shape index (κ2) is 4.48. The Bertz CT molecular complexity index is 542. The van der Waals surface area contributed by atoms with Crippen LogP contribution in [-0.4, -0.2) is 29.1 Å². The van der Waals surface area contributed by atoms with Crippen molar-refractivity contribution in [1.82, 2.24) is 10.2 Å². The number of urea groups is 1. The molecule has 0 unspecified atom stereocenters. The van der Waals surface area contributed by atoms with Crippen LogP contribution in [0.5, 0.6) is 0 Å². The van der Waals surface area contributed by atoms with E-state index >= 15 is 0 Å². The van der Waals surface area contributed by atoms with Crippen LogP contribution in [0.4, 0.5) is 9.18 Å². The molecule has 1 heterocycles. The molecule has 0 saturated heterocycles. The summed E-state index contributed by atoms with van der Waals surface area (Å²) in [7, 11) is 1.44. The van der Waals surface area contributed by atoms with Crippen molar-refractivity contribution in [3.05, 3.63) is 47.4 Å². The summed E-state index contributed by atoms with van der Waals surface area (Å²) in [6.45, 7) is 0. The molecular formula is C12H11FN2O3. The maximum absolute atomic E-state index is 13.1. The van der Waals surface area contributed by atoms with Gasteiger partial charge in [-0.3, -0.25) is 0 Å². The van der Waals surface area contributed by atoms with E-state index in [1.165, 1.54) is 31.4 Å². The fourth-order valence-electron chi connectivity index (χ4n) is 1.77. The molecule has 1 aliphatic rings. The highest BCUT2D eigenvalue weighted by Gasteiger charge is 2.30. The molecule has 0 aliphatic carbocycles. The number of carbonyl (C=O) groups is 2. The zero-order chi connectivity index (χ0) is 13.3. The van der Waals surface area contributed by atoms with E-state index in [2.05, 4.69) is 5.32 Å². The number of rotatable bonds is 2. The summed E-state index contributed by atoms with van der Waals surface area (Å²) in [6, 6.07) is 4.21. The van der Waals surface area contributed by atoms with Crippen molar-refractivity contribution in [2.75, 3.05) is 7.05 Å². The maximum Gasteiger partial charge on any atom is 0.335 e. The number of nitrogens with one attached hydrogen (secondary N) is 1. The van der Waals surface area contributed by atoms with E-state index in [1.807, 2.05) is 0 Å². The minimum Gasteiger partial charge on any atom is -0.478 e. The Kier molecular flexibility index (Phi) is 3.01. The molecule has 0 fully saturated rings. The van der Waals surface area contributed by atoms with Gasteiger partial charge in [0.15, 0.2) is 0 Å². The monoisotopic (exact) mass is 250 g/mol. The third-order valence-corrected chi connectivity index (χ3v) is 2.66. The second-order valence-electron chi connectivity index (χ2n) is 3.94. The van der Waals surface area contributed by atoms with Gasteiger partial charge in [0.25, 0.3) is 0 Å². The number of nitrogens with zero attached hydrogens (tertiary/aromatic N) is 1. The molecule has 0 saturated carbocycles. The predicted molar refractivity (Wildman–Crippen MR) is 61.2 cm³/mol. The van der Waals surface area contributed by atoms with E-state index in [1.54, 1.807) is 6.07 Å². The number of hydrogen-bond donors (Lipinski definition) is 2. The zero-order valence-electron chi connectivity index (χ0n) is 9.55. The van der Waals surface area contributed by atoms with Crippen LogP contribution in [0.1, 0.15) is 11.6 Å². The summed E-state index contributed by atoms with van der Waals surface area (Å²) in [5.74, 6) is -1.64. The van der Waals surface area contributed by atoms with Crippen molar-refractivity contribution >= 4 is 12.0 Å². The average molecular weight is 250 g/mol. The molecule has 1 aromatic rings. The minimum absolute atomic E-state index is 0.0114. The lowest BCUT2D eigenvalue weighted by Crippen LogP contribution is -2.43. The highest BCUT2D eigenvalue weighted by Crippen LogP contribution is 2.26. The first-order chi connectivity index (χ1) is 8.49. The van der Waals surface area contributed by atoms with Crippen LogP contribution in [0.3, 0.4) is 0 Å². The highest BCUT2D eigenvalue weighted by molar-refractivity contribution is 5.92. The molecule has 94 valence electrons. The van der Waals surface area contributed by atoms with Crippen molar-refractivity contribution in [3.63, 3.8) is 0 Å². The van der Waals surface area contributed by atoms with Gasteiger partial charge in [0.1, 0.15) is 5.82 Å². The summed E-state index contributed by atoms with van der Waals surface area (Å²) in [5, 5.41) is 11.6. The Balaban J connectivity index is 2.45. The SMILES string of the molecule is CN1C=C(C(=O)O)[C@H](c2cccc(F)c2)NC1=O. The Morgan fingerprint density at radius 2 is 2.22 bits per heavy atom. The molecule has 2 amide bonds. The second-order valence-corrected chi connectivity index (χ2v) is 3.94. The molecule has 0 spiro atoms. The van der Waals surface area contributed by atoms with Gasteiger partial charge in [-0.15, -0.1) is 0 Å². The van der Waals surface area contributed by atoms with E-state index in [4.69, 9.17) is 5.11 Å². The van der Waals surface area contributed by atoms with E-state index in [0.717, 1.165) is 4.90 Å². The first kappa shape index (κ1) is 12.1. The number of carboxylic acid groups (broad SMARTS) is 1. The van der Waals surface area contributed by atoms with Crippen LogP contribution in [-0.2, 0) is 4.79 Å². The largest absolute Gasteiger partial charge is 0.478 e. The molecule has 1 aliphatic heterocycles. The number of aliphatic carboxylic acids is 1. The number of carbonyl (C=O) groups excluding carboxylic acids is 1. The fourth-order valence-corrected chi connectivity index (χ4v) is 1.77. The van der Waals surface area contributed by atoms with Gasteiger partial charge in [0.05, 0.1) is 11.6 Å². The molecule has 2 N–H and O–H groups in total. The van der Waals surface area contributed by atoms with E-state index in [0.29, 0.717) is 5.56 Å². The first-order valence-corrected chi connectivity index (χ1v) is 5.23. The lowest BCUT2D eigenvalue weighted by atomic mass is 9.98. The fraction of sp³-hybridized carbons (Fsp3) is 0.167. The van der Waals surface area contributed by atoms with E-state index in [9.17, 15) is 14.0 Å². The van der Waals surface area contributed by atoms with Crippen LogP contribution in [0, 0.1) is 5.82 Å². The van der Waals surface area contributed by atoms with Crippen molar-refractivity contribution in [3.8, 4) is 0 Å². The Hall–Kier alpha value is -2.37. The van der Waals surface area contributed by atoms with Gasteiger partial charge in [-0.1, -0.05) is 12.1 Å². The molecular weight excluding hydrogens is 239 g/mol. The van der Waals surface area contributed by atoms with Gasteiger partial charge >= 0.3 is 12.0 Å². The van der Waals surface area contributed by atoms with Gasteiger partial charge in [-0.2, -0.15) is 0 Å². The molecule has 5 nitrogen and oxygen atoms in total. The Morgan fingerprint density at radius 1 is 1.50 bits per heavy atom. The number of carboxylic acids is 1. The Morgan fingerprint density at radius 3 is 2.83 bits per heavy atom. The van der Waals surface area contributed by atoms with Crippen LogP contribution in [0.15, 0.2) is 36.0 Å². The average Bonchev–Trinajstić information content (AvgIpc) is 2.31. The molecule has 0 bridgehead atoms. The van der Waals surface area contributed by atoms with Gasteiger partial charge in [-0.25, -0.2) is 14.0 Å². The van der Waals surface area contributed by atoms with Crippen LogP contribution < -0.4 is 5.32 Å².